The molecule has 2 heterocycles. The van der Waals surface area contributed by atoms with E-state index in [1.54, 1.807) is 11.3 Å². The minimum Gasteiger partial charge on any atom is -0.292 e. The Morgan fingerprint density at radius 1 is 1.64 bits per heavy atom. The highest BCUT2D eigenvalue weighted by molar-refractivity contribution is 9.10. The summed E-state index contributed by atoms with van der Waals surface area (Å²) in [6.45, 7) is 0. The number of H-pyrrole nitrogens is 1. The van der Waals surface area contributed by atoms with Gasteiger partial charge in [-0.3, -0.25) is 4.79 Å². The van der Waals surface area contributed by atoms with Gasteiger partial charge in [-0.1, -0.05) is 0 Å². The summed E-state index contributed by atoms with van der Waals surface area (Å²) >= 11 is 4.88. The molecule has 0 fully saturated rings. The molecule has 2 rings (SSSR count). The van der Waals surface area contributed by atoms with Crippen molar-refractivity contribution in [2.24, 2.45) is 0 Å². The Kier molecular flexibility index (Phi) is 2.74. The summed E-state index contributed by atoms with van der Waals surface area (Å²) < 4.78 is 1.01. The van der Waals surface area contributed by atoms with E-state index < -0.39 is 0 Å². The summed E-state index contributed by atoms with van der Waals surface area (Å²) in [5.74, 6) is -0.0203. The average Bonchev–Trinajstić information content (AvgIpc) is 2.75. The highest BCUT2D eigenvalue weighted by Crippen LogP contribution is 2.20. The van der Waals surface area contributed by atoms with Gasteiger partial charge in [-0.05, 0) is 22.0 Å². The molecule has 0 aliphatic rings. The Balaban J connectivity index is 2.09. The van der Waals surface area contributed by atoms with Crippen LogP contribution in [0.4, 0.5) is 0 Å². The molecule has 0 saturated carbocycles. The number of thiophene rings is 1. The third-order valence-corrected chi connectivity index (χ3v) is 3.35. The molecule has 0 aliphatic carbocycles. The SMILES string of the molecule is O=C(Cc1cc(Br)cs1)c1cn[nH]n1. The molecule has 72 valence electrons. The van der Waals surface area contributed by atoms with Crippen LogP contribution in [-0.2, 0) is 6.42 Å². The predicted octanol–water partition coefficient (Wildman–Crippen LogP) is 2.05. The lowest BCUT2D eigenvalue weighted by Gasteiger charge is -1.91. The highest BCUT2D eigenvalue weighted by Gasteiger charge is 2.10. The summed E-state index contributed by atoms with van der Waals surface area (Å²) in [7, 11) is 0. The molecule has 0 atom stereocenters. The lowest BCUT2D eigenvalue weighted by molar-refractivity contribution is 0.0989. The number of nitrogens with one attached hydrogen (secondary N) is 1. The number of nitrogens with zero attached hydrogens (tertiary/aromatic N) is 2. The minimum atomic E-state index is -0.0203. The van der Waals surface area contributed by atoms with Crippen LogP contribution in [0.25, 0.3) is 0 Å². The van der Waals surface area contributed by atoms with E-state index in [0.717, 1.165) is 9.35 Å². The molecule has 4 nitrogen and oxygen atoms in total. The lowest BCUT2D eigenvalue weighted by Crippen LogP contribution is -2.02. The van der Waals surface area contributed by atoms with Crippen LogP contribution in [0.15, 0.2) is 22.1 Å². The number of carbonyl (C=O) groups excluding carboxylic acids is 1. The maximum Gasteiger partial charge on any atom is 0.189 e. The van der Waals surface area contributed by atoms with E-state index in [9.17, 15) is 4.79 Å². The molecule has 0 aromatic carbocycles. The standard InChI is InChI=1S/C8H6BrN3OS/c9-5-1-6(14-4-5)2-8(13)7-3-10-12-11-7/h1,3-4H,2H2,(H,10,11,12). The fraction of sp³-hybridized carbons (Fsp3) is 0.125. The van der Waals surface area contributed by atoms with Crippen LogP contribution in [0.1, 0.15) is 15.4 Å². The molecular weight excluding hydrogens is 266 g/mol. The van der Waals surface area contributed by atoms with Gasteiger partial charge in [-0.15, -0.1) is 11.3 Å². The lowest BCUT2D eigenvalue weighted by atomic mass is 10.2. The van der Waals surface area contributed by atoms with Gasteiger partial charge in [0, 0.05) is 21.2 Å². The van der Waals surface area contributed by atoms with E-state index in [1.807, 2.05) is 11.4 Å². The second-order valence-corrected chi connectivity index (χ2v) is 4.60. The van der Waals surface area contributed by atoms with Crippen molar-refractivity contribution in [1.82, 2.24) is 15.4 Å². The Labute approximate surface area is 92.5 Å². The summed E-state index contributed by atoms with van der Waals surface area (Å²) in [6, 6.07) is 1.93. The van der Waals surface area contributed by atoms with Crippen LogP contribution in [-0.4, -0.2) is 21.2 Å². The summed E-state index contributed by atoms with van der Waals surface area (Å²) in [5, 5.41) is 11.7. The number of hydrogen-bond donors (Lipinski definition) is 1. The molecular formula is C8H6BrN3OS. The van der Waals surface area contributed by atoms with Crippen molar-refractivity contribution in [2.45, 2.75) is 6.42 Å². The van der Waals surface area contributed by atoms with Crippen molar-refractivity contribution in [3.05, 3.63) is 32.7 Å². The zero-order chi connectivity index (χ0) is 9.97. The number of halogens is 1. The number of Topliss-reactive ketones (excluding diaryl/α,β-unsaturated/α-hetero) is 1. The number of carbonyl (C=O) groups is 1. The van der Waals surface area contributed by atoms with Crippen LogP contribution >= 0.6 is 27.3 Å². The van der Waals surface area contributed by atoms with Gasteiger partial charge < -0.3 is 0 Å². The predicted molar refractivity (Wildman–Crippen MR) is 56.4 cm³/mol. The van der Waals surface area contributed by atoms with E-state index in [4.69, 9.17) is 0 Å². The molecule has 14 heavy (non-hydrogen) atoms. The molecule has 0 saturated heterocycles. The van der Waals surface area contributed by atoms with Crippen LogP contribution < -0.4 is 0 Å². The van der Waals surface area contributed by atoms with Gasteiger partial charge in [-0.25, -0.2) is 0 Å². The number of hydrogen-bond acceptors (Lipinski definition) is 4. The Bertz CT molecular complexity index is 437. The summed E-state index contributed by atoms with van der Waals surface area (Å²) in [4.78, 5) is 12.6. The van der Waals surface area contributed by atoms with E-state index in [0.29, 0.717) is 12.1 Å². The normalized spacial score (nSPS) is 10.4. The van der Waals surface area contributed by atoms with Crippen LogP contribution in [0, 0.1) is 0 Å². The van der Waals surface area contributed by atoms with E-state index in [-0.39, 0.29) is 5.78 Å². The molecule has 0 aliphatic heterocycles. The topological polar surface area (TPSA) is 58.6 Å². The molecule has 0 unspecified atom stereocenters. The van der Waals surface area contributed by atoms with Gasteiger partial charge >= 0.3 is 0 Å². The Morgan fingerprint density at radius 2 is 2.50 bits per heavy atom. The van der Waals surface area contributed by atoms with Gasteiger partial charge in [-0.2, -0.15) is 15.4 Å². The molecule has 0 radical (unpaired) electrons. The van der Waals surface area contributed by atoms with E-state index >= 15 is 0 Å². The second-order valence-electron chi connectivity index (χ2n) is 2.69. The molecule has 6 heteroatoms. The van der Waals surface area contributed by atoms with Crippen molar-refractivity contribution in [1.29, 1.82) is 0 Å². The maximum atomic E-state index is 11.6. The van der Waals surface area contributed by atoms with Crippen molar-refractivity contribution >= 4 is 33.0 Å². The molecule has 0 bridgehead atoms. The first kappa shape index (κ1) is 9.54. The van der Waals surface area contributed by atoms with Gasteiger partial charge in [0.2, 0.25) is 0 Å². The maximum absolute atomic E-state index is 11.6. The zero-order valence-corrected chi connectivity index (χ0v) is 9.43. The van der Waals surface area contributed by atoms with Crippen LogP contribution in [0.5, 0.6) is 0 Å². The minimum absolute atomic E-state index is 0.0203. The van der Waals surface area contributed by atoms with Crippen molar-refractivity contribution in [2.75, 3.05) is 0 Å². The van der Waals surface area contributed by atoms with Crippen molar-refractivity contribution in [3.63, 3.8) is 0 Å². The van der Waals surface area contributed by atoms with Crippen molar-refractivity contribution < 1.29 is 4.79 Å². The van der Waals surface area contributed by atoms with Gasteiger partial charge in [0.1, 0.15) is 5.69 Å². The summed E-state index contributed by atoms with van der Waals surface area (Å²) in [5.41, 5.74) is 0.384. The number of aromatic amines is 1. The largest absolute Gasteiger partial charge is 0.292 e. The molecule has 2 aromatic rings. The second kappa shape index (κ2) is 4.02. The molecule has 1 N–H and O–H groups in total. The Hall–Kier alpha value is -1.01. The highest BCUT2D eigenvalue weighted by atomic mass is 79.9. The quantitative estimate of drug-likeness (QED) is 0.870. The van der Waals surface area contributed by atoms with Crippen LogP contribution in [0.3, 0.4) is 0 Å². The third-order valence-electron chi connectivity index (χ3n) is 1.66. The Morgan fingerprint density at radius 3 is 3.07 bits per heavy atom. The molecule has 0 amide bonds. The fourth-order valence-electron chi connectivity index (χ4n) is 1.03. The van der Waals surface area contributed by atoms with Crippen LogP contribution in [0.2, 0.25) is 0 Å². The van der Waals surface area contributed by atoms with Gasteiger partial charge in [0.05, 0.1) is 6.20 Å². The summed E-state index contributed by atoms with van der Waals surface area (Å²) in [6.07, 6.45) is 1.81. The first-order valence-electron chi connectivity index (χ1n) is 3.87. The van der Waals surface area contributed by atoms with Gasteiger partial charge in [0.15, 0.2) is 5.78 Å². The average molecular weight is 272 g/mol. The zero-order valence-electron chi connectivity index (χ0n) is 7.03. The van der Waals surface area contributed by atoms with E-state index in [1.165, 1.54) is 6.20 Å². The molecule has 2 aromatic heterocycles. The fourth-order valence-corrected chi connectivity index (χ4v) is 2.48. The number of ketones is 1. The number of rotatable bonds is 3. The third kappa shape index (κ3) is 2.08. The first-order chi connectivity index (χ1) is 6.75. The smallest absolute Gasteiger partial charge is 0.189 e. The van der Waals surface area contributed by atoms with Crippen molar-refractivity contribution in [3.8, 4) is 0 Å². The van der Waals surface area contributed by atoms with E-state index in [2.05, 4.69) is 31.3 Å². The first-order valence-corrected chi connectivity index (χ1v) is 5.55. The van der Waals surface area contributed by atoms with Gasteiger partial charge in [0.25, 0.3) is 0 Å². The number of aromatic nitrogens is 3. The monoisotopic (exact) mass is 271 g/mol. The molecule has 0 spiro atoms.